The number of likely N-dealkylation sites (tertiary alicyclic amines) is 1. The minimum Gasteiger partial charge on any atom is -0.387 e. The maximum absolute atomic E-state index is 12.5. The minimum absolute atomic E-state index is 0.0967. The molecule has 0 bridgehead atoms. The number of hydrogen-bond acceptors (Lipinski definition) is 5. The van der Waals surface area contributed by atoms with Gasteiger partial charge >= 0.3 is 0 Å². The Hall–Kier alpha value is -1.50. The Bertz CT molecular complexity index is 594. The summed E-state index contributed by atoms with van der Waals surface area (Å²) in [5, 5.41) is 20.8. The summed E-state index contributed by atoms with van der Waals surface area (Å²) in [5.41, 5.74) is -0.634. The Morgan fingerprint density at radius 3 is 2.70 bits per heavy atom. The van der Waals surface area contributed by atoms with Gasteiger partial charge in [-0.25, -0.2) is 4.98 Å². The lowest BCUT2D eigenvalue weighted by molar-refractivity contribution is -0.244. The van der Waals surface area contributed by atoms with Gasteiger partial charge in [-0.1, -0.05) is 6.07 Å². The Morgan fingerprint density at radius 1 is 1.35 bits per heavy atom. The highest BCUT2D eigenvalue weighted by atomic mass is 16.5. The van der Waals surface area contributed by atoms with Gasteiger partial charge in [0, 0.05) is 25.2 Å². The first-order valence-electron chi connectivity index (χ1n) is 8.11. The number of pyridine rings is 1. The van der Waals surface area contributed by atoms with Crippen molar-refractivity contribution in [3.63, 3.8) is 0 Å². The van der Waals surface area contributed by atoms with Gasteiger partial charge in [0.2, 0.25) is 0 Å². The summed E-state index contributed by atoms with van der Waals surface area (Å²) in [6.45, 7) is 4.91. The van der Waals surface area contributed by atoms with E-state index >= 15 is 0 Å². The van der Waals surface area contributed by atoms with Crippen LogP contribution >= 0.6 is 0 Å². The van der Waals surface area contributed by atoms with E-state index in [0.717, 1.165) is 5.69 Å². The van der Waals surface area contributed by atoms with Crippen LogP contribution in [0.4, 0.5) is 0 Å². The number of aliphatic hydroxyl groups is 2. The molecule has 0 radical (unpaired) electrons. The van der Waals surface area contributed by atoms with Gasteiger partial charge in [-0.3, -0.25) is 4.79 Å². The summed E-state index contributed by atoms with van der Waals surface area (Å²) < 4.78 is 5.84. The van der Waals surface area contributed by atoms with Gasteiger partial charge < -0.3 is 19.8 Å². The summed E-state index contributed by atoms with van der Waals surface area (Å²) >= 11 is 0. The first-order valence-corrected chi connectivity index (χ1v) is 8.11. The van der Waals surface area contributed by atoms with E-state index in [2.05, 4.69) is 4.98 Å². The van der Waals surface area contributed by atoms with E-state index in [-0.39, 0.29) is 5.91 Å². The molecule has 126 valence electrons. The summed E-state index contributed by atoms with van der Waals surface area (Å²) in [7, 11) is 0. The lowest BCUT2D eigenvalue weighted by atomic mass is 9.75. The lowest BCUT2D eigenvalue weighted by Gasteiger charge is -2.51. The van der Waals surface area contributed by atoms with E-state index < -0.39 is 17.3 Å². The average molecular weight is 320 g/mol. The molecule has 0 saturated carbocycles. The van der Waals surface area contributed by atoms with Gasteiger partial charge in [-0.15, -0.1) is 0 Å². The van der Waals surface area contributed by atoms with E-state index in [0.29, 0.717) is 44.7 Å². The second-order valence-electron chi connectivity index (χ2n) is 6.88. The molecule has 2 atom stereocenters. The third-order valence-corrected chi connectivity index (χ3v) is 5.09. The molecule has 1 amide bonds. The number of carbonyl (C=O) groups is 1. The number of hydrogen-bond donors (Lipinski definition) is 2. The van der Waals surface area contributed by atoms with Gasteiger partial charge in [-0.2, -0.15) is 0 Å². The summed E-state index contributed by atoms with van der Waals surface area (Å²) in [4.78, 5) is 18.6. The molecule has 0 aliphatic carbocycles. The van der Waals surface area contributed by atoms with Crippen molar-refractivity contribution in [1.29, 1.82) is 0 Å². The average Bonchev–Trinajstić information content (AvgIpc) is 2.53. The largest absolute Gasteiger partial charge is 0.387 e. The maximum Gasteiger partial charge on any atom is 0.272 e. The SMILES string of the molecule is Cc1cccc(C(=O)N2CCC3(CC2)OCC[C@@](C)(O)[C@@H]3O)n1. The standard InChI is InChI=1S/C17H24N2O4/c1-12-4-3-5-13(18-12)14(20)19-9-6-17(7-10-19)15(21)16(2,22)8-11-23-17/h3-5,15,21-22H,6-11H2,1-2H3/t15-,16+/m0/s1. The lowest BCUT2D eigenvalue weighted by Crippen LogP contribution is -2.64. The topological polar surface area (TPSA) is 82.9 Å². The van der Waals surface area contributed by atoms with Crippen molar-refractivity contribution in [2.24, 2.45) is 0 Å². The molecule has 0 aromatic carbocycles. The molecule has 2 fully saturated rings. The monoisotopic (exact) mass is 320 g/mol. The molecule has 3 rings (SSSR count). The van der Waals surface area contributed by atoms with Crippen LogP contribution in [0, 0.1) is 6.92 Å². The third-order valence-electron chi connectivity index (χ3n) is 5.09. The van der Waals surface area contributed by atoms with E-state index in [1.807, 2.05) is 19.1 Å². The van der Waals surface area contributed by atoms with Crippen LogP contribution in [-0.2, 0) is 4.74 Å². The van der Waals surface area contributed by atoms with E-state index in [1.165, 1.54) is 0 Å². The molecule has 23 heavy (non-hydrogen) atoms. The smallest absolute Gasteiger partial charge is 0.272 e. The van der Waals surface area contributed by atoms with Crippen LogP contribution < -0.4 is 0 Å². The van der Waals surface area contributed by atoms with Gasteiger partial charge in [-0.05, 0) is 38.8 Å². The molecule has 1 aromatic heterocycles. The number of aliphatic hydroxyl groups excluding tert-OH is 1. The molecule has 6 nitrogen and oxygen atoms in total. The zero-order valence-electron chi connectivity index (χ0n) is 13.7. The van der Waals surface area contributed by atoms with E-state index in [4.69, 9.17) is 4.74 Å². The fraction of sp³-hybridized carbons (Fsp3) is 0.647. The van der Waals surface area contributed by atoms with Crippen LogP contribution in [0.15, 0.2) is 18.2 Å². The molecule has 6 heteroatoms. The Labute approximate surface area is 136 Å². The molecule has 2 aliphatic heterocycles. The van der Waals surface area contributed by atoms with Crippen LogP contribution in [0.2, 0.25) is 0 Å². The first kappa shape index (κ1) is 16.4. The number of nitrogens with zero attached hydrogens (tertiary/aromatic N) is 2. The van der Waals surface area contributed by atoms with Crippen LogP contribution in [0.3, 0.4) is 0 Å². The molecular formula is C17H24N2O4. The Balaban J connectivity index is 1.70. The molecule has 2 aliphatic rings. The number of piperidine rings is 1. The zero-order valence-corrected chi connectivity index (χ0v) is 13.7. The van der Waals surface area contributed by atoms with Crippen molar-refractivity contribution in [2.45, 2.75) is 50.4 Å². The summed E-state index contributed by atoms with van der Waals surface area (Å²) in [6, 6.07) is 5.40. The zero-order chi connectivity index (χ0) is 16.7. The van der Waals surface area contributed by atoms with Crippen molar-refractivity contribution in [3.05, 3.63) is 29.6 Å². The molecule has 1 aromatic rings. The van der Waals surface area contributed by atoms with Gasteiger partial charge in [0.05, 0.1) is 12.2 Å². The maximum atomic E-state index is 12.5. The van der Waals surface area contributed by atoms with Gasteiger partial charge in [0.15, 0.2) is 0 Å². The quantitative estimate of drug-likeness (QED) is 0.803. The number of rotatable bonds is 1. The van der Waals surface area contributed by atoms with E-state index in [9.17, 15) is 15.0 Å². The summed E-state index contributed by atoms with van der Waals surface area (Å²) in [6.07, 6.45) is 0.522. The number of carbonyl (C=O) groups excluding carboxylic acids is 1. The van der Waals surface area contributed by atoms with Crippen LogP contribution in [0.25, 0.3) is 0 Å². The Kier molecular flexibility index (Phi) is 4.16. The highest BCUT2D eigenvalue weighted by Crippen LogP contribution is 2.39. The van der Waals surface area contributed by atoms with Crippen LogP contribution in [0.1, 0.15) is 42.4 Å². The highest BCUT2D eigenvalue weighted by molar-refractivity contribution is 5.92. The molecule has 0 unspecified atom stereocenters. The van der Waals surface area contributed by atoms with Crippen molar-refractivity contribution in [1.82, 2.24) is 9.88 Å². The Morgan fingerprint density at radius 2 is 2.04 bits per heavy atom. The van der Waals surface area contributed by atoms with E-state index in [1.54, 1.807) is 17.9 Å². The van der Waals surface area contributed by atoms with Crippen molar-refractivity contribution in [3.8, 4) is 0 Å². The molecule has 3 heterocycles. The highest BCUT2D eigenvalue weighted by Gasteiger charge is 2.52. The number of ether oxygens (including phenoxy) is 1. The van der Waals surface area contributed by atoms with Crippen molar-refractivity contribution < 1.29 is 19.7 Å². The number of aromatic nitrogens is 1. The van der Waals surface area contributed by atoms with Crippen molar-refractivity contribution in [2.75, 3.05) is 19.7 Å². The summed E-state index contributed by atoms with van der Waals surface area (Å²) in [5.74, 6) is -0.0967. The minimum atomic E-state index is -1.14. The van der Waals surface area contributed by atoms with Crippen molar-refractivity contribution >= 4 is 5.91 Å². The molecule has 2 saturated heterocycles. The second kappa shape index (κ2) is 5.85. The fourth-order valence-corrected chi connectivity index (χ4v) is 3.57. The molecule has 1 spiro atoms. The molecule has 2 N–H and O–H groups in total. The van der Waals surface area contributed by atoms with Gasteiger partial charge in [0.1, 0.15) is 17.4 Å². The second-order valence-corrected chi connectivity index (χ2v) is 6.88. The third kappa shape index (κ3) is 2.98. The first-order chi connectivity index (χ1) is 10.8. The fourth-order valence-electron chi connectivity index (χ4n) is 3.57. The number of amides is 1. The number of aryl methyl sites for hydroxylation is 1. The van der Waals surface area contributed by atoms with Crippen LogP contribution in [0.5, 0.6) is 0 Å². The molecular weight excluding hydrogens is 296 g/mol. The van der Waals surface area contributed by atoms with Crippen LogP contribution in [-0.4, -0.2) is 63.0 Å². The van der Waals surface area contributed by atoms with Gasteiger partial charge in [0.25, 0.3) is 5.91 Å². The normalized spacial score (nSPS) is 30.4. The predicted molar refractivity (Wildman–Crippen MR) is 84.0 cm³/mol. The predicted octanol–water partition coefficient (Wildman–Crippen LogP) is 0.897.